The zero-order chi connectivity index (χ0) is 14.3. The summed E-state index contributed by atoms with van der Waals surface area (Å²) in [5, 5.41) is 9.53. The van der Waals surface area contributed by atoms with Gasteiger partial charge >= 0.3 is 6.18 Å². The number of guanidine groups is 1. The Morgan fingerprint density at radius 1 is 1.42 bits per heavy atom. The number of nitrogens with zero attached hydrogens (tertiary/aromatic N) is 3. The van der Waals surface area contributed by atoms with Crippen molar-refractivity contribution in [2.45, 2.75) is 26.1 Å². The SMILES string of the molecule is CCNC(=NCc1ccnn1C)NCCC(F)(F)F. The van der Waals surface area contributed by atoms with Crippen molar-refractivity contribution in [3.05, 3.63) is 18.0 Å². The van der Waals surface area contributed by atoms with E-state index < -0.39 is 12.6 Å². The summed E-state index contributed by atoms with van der Waals surface area (Å²) in [6.07, 6.45) is -3.40. The molecule has 0 atom stereocenters. The van der Waals surface area contributed by atoms with Gasteiger partial charge in [-0.25, -0.2) is 4.99 Å². The average molecular weight is 277 g/mol. The molecule has 0 aliphatic rings. The highest BCUT2D eigenvalue weighted by Crippen LogP contribution is 2.18. The fourth-order valence-corrected chi connectivity index (χ4v) is 1.38. The first-order chi connectivity index (χ1) is 8.92. The van der Waals surface area contributed by atoms with E-state index in [0.29, 0.717) is 19.0 Å². The van der Waals surface area contributed by atoms with Crippen molar-refractivity contribution >= 4 is 5.96 Å². The quantitative estimate of drug-likeness (QED) is 0.632. The first-order valence-corrected chi connectivity index (χ1v) is 5.98. The second-order valence-electron chi connectivity index (χ2n) is 3.93. The summed E-state index contributed by atoms with van der Waals surface area (Å²) in [4.78, 5) is 4.20. The lowest BCUT2D eigenvalue weighted by Gasteiger charge is -2.12. The number of aliphatic imine (C=N–C) groups is 1. The number of aryl methyl sites for hydroxylation is 1. The van der Waals surface area contributed by atoms with Crippen LogP contribution < -0.4 is 10.6 Å². The molecular formula is C11H18F3N5. The zero-order valence-corrected chi connectivity index (χ0v) is 11.0. The summed E-state index contributed by atoms with van der Waals surface area (Å²) in [5.41, 5.74) is 0.882. The Kier molecular flexibility index (Phi) is 5.65. The maximum atomic E-state index is 12.0. The predicted octanol–water partition coefficient (Wildman–Crippen LogP) is 1.43. The molecule has 1 rings (SSSR count). The molecule has 108 valence electrons. The van der Waals surface area contributed by atoms with Crippen molar-refractivity contribution < 1.29 is 13.2 Å². The Morgan fingerprint density at radius 2 is 2.16 bits per heavy atom. The van der Waals surface area contributed by atoms with Gasteiger partial charge in [0.1, 0.15) is 0 Å². The van der Waals surface area contributed by atoms with Gasteiger partial charge in [-0.2, -0.15) is 18.3 Å². The highest BCUT2D eigenvalue weighted by molar-refractivity contribution is 5.79. The van der Waals surface area contributed by atoms with Crippen LogP contribution in [0.15, 0.2) is 17.3 Å². The molecule has 0 aromatic carbocycles. The van der Waals surface area contributed by atoms with Crippen molar-refractivity contribution in [3.63, 3.8) is 0 Å². The van der Waals surface area contributed by atoms with Crippen LogP contribution in [-0.4, -0.2) is 35.0 Å². The van der Waals surface area contributed by atoms with Crippen molar-refractivity contribution in [1.82, 2.24) is 20.4 Å². The molecule has 0 unspecified atom stereocenters. The Morgan fingerprint density at radius 3 is 2.68 bits per heavy atom. The van der Waals surface area contributed by atoms with Crippen molar-refractivity contribution in [1.29, 1.82) is 0 Å². The number of rotatable bonds is 5. The molecule has 0 radical (unpaired) electrons. The standard InChI is InChI=1S/C11H18F3N5/c1-3-15-10(16-7-5-11(12,13)14)17-8-9-4-6-18-19(9)2/h4,6H,3,5,7-8H2,1-2H3,(H2,15,16,17). The van der Waals surface area contributed by atoms with Gasteiger partial charge < -0.3 is 10.6 Å². The Balaban J connectivity index is 2.49. The third-order valence-corrected chi connectivity index (χ3v) is 2.37. The first kappa shape index (κ1) is 15.3. The van der Waals surface area contributed by atoms with Crippen LogP contribution in [0.5, 0.6) is 0 Å². The van der Waals surface area contributed by atoms with Crippen LogP contribution in [0.2, 0.25) is 0 Å². The summed E-state index contributed by atoms with van der Waals surface area (Å²) >= 11 is 0. The molecule has 0 saturated carbocycles. The predicted molar refractivity (Wildman–Crippen MR) is 66.7 cm³/mol. The van der Waals surface area contributed by atoms with Crippen LogP contribution >= 0.6 is 0 Å². The monoisotopic (exact) mass is 277 g/mol. The minimum absolute atomic E-state index is 0.194. The maximum absolute atomic E-state index is 12.0. The van der Waals surface area contributed by atoms with Crippen LogP contribution in [0.1, 0.15) is 19.0 Å². The number of hydrogen-bond acceptors (Lipinski definition) is 2. The molecule has 0 bridgehead atoms. The normalized spacial score (nSPS) is 12.6. The largest absolute Gasteiger partial charge is 0.390 e. The van der Waals surface area contributed by atoms with E-state index in [2.05, 4.69) is 20.7 Å². The second-order valence-corrected chi connectivity index (χ2v) is 3.93. The molecule has 0 fully saturated rings. The van der Waals surface area contributed by atoms with Crippen LogP contribution in [-0.2, 0) is 13.6 Å². The fraction of sp³-hybridized carbons (Fsp3) is 0.636. The van der Waals surface area contributed by atoms with E-state index in [4.69, 9.17) is 0 Å². The van der Waals surface area contributed by atoms with Gasteiger partial charge in [-0.15, -0.1) is 0 Å². The molecule has 1 aromatic rings. The first-order valence-electron chi connectivity index (χ1n) is 5.98. The van der Waals surface area contributed by atoms with E-state index in [1.165, 1.54) is 0 Å². The second kappa shape index (κ2) is 7.01. The minimum Gasteiger partial charge on any atom is -0.357 e. The number of hydrogen-bond donors (Lipinski definition) is 2. The van der Waals surface area contributed by atoms with Gasteiger partial charge in [0.05, 0.1) is 18.7 Å². The molecule has 1 heterocycles. The van der Waals surface area contributed by atoms with Gasteiger partial charge in [0.25, 0.3) is 0 Å². The molecule has 5 nitrogen and oxygen atoms in total. The molecule has 1 aromatic heterocycles. The van der Waals surface area contributed by atoms with Crippen molar-refractivity contribution in [2.24, 2.45) is 12.0 Å². The number of halogens is 3. The maximum Gasteiger partial charge on any atom is 0.390 e. The molecular weight excluding hydrogens is 259 g/mol. The molecule has 0 aliphatic carbocycles. The molecule has 0 spiro atoms. The molecule has 0 aliphatic heterocycles. The summed E-state index contributed by atoms with van der Waals surface area (Å²) in [6.45, 7) is 2.60. The van der Waals surface area contributed by atoms with Crippen molar-refractivity contribution in [3.8, 4) is 0 Å². The lowest BCUT2D eigenvalue weighted by atomic mass is 10.4. The highest BCUT2D eigenvalue weighted by Gasteiger charge is 2.26. The van der Waals surface area contributed by atoms with E-state index in [-0.39, 0.29) is 6.54 Å². The van der Waals surface area contributed by atoms with E-state index in [1.54, 1.807) is 17.9 Å². The minimum atomic E-state index is -4.16. The Bertz CT molecular complexity index is 411. The van der Waals surface area contributed by atoms with Gasteiger partial charge in [0.2, 0.25) is 0 Å². The summed E-state index contributed by atoms with van der Waals surface area (Å²) in [7, 11) is 1.79. The van der Waals surface area contributed by atoms with E-state index >= 15 is 0 Å². The molecule has 8 heteroatoms. The highest BCUT2D eigenvalue weighted by atomic mass is 19.4. The van der Waals surface area contributed by atoms with E-state index in [1.807, 2.05) is 13.0 Å². The van der Waals surface area contributed by atoms with E-state index in [9.17, 15) is 13.2 Å². The molecule has 0 saturated heterocycles. The van der Waals surface area contributed by atoms with E-state index in [0.717, 1.165) is 5.69 Å². The third-order valence-electron chi connectivity index (χ3n) is 2.37. The van der Waals surface area contributed by atoms with Crippen LogP contribution in [0.4, 0.5) is 13.2 Å². The van der Waals surface area contributed by atoms with Crippen LogP contribution in [0.25, 0.3) is 0 Å². The van der Waals surface area contributed by atoms with Gasteiger partial charge in [-0.05, 0) is 13.0 Å². The molecule has 2 N–H and O–H groups in total. The fourth-order valence-electron chi connectivity index (χ4n) is 1.38. The number of aromatic nitrogens is 2. The molecule has 0 amide bonds. The Labute approximate surface area is 109 Å². The van der Waals surface area contributed by atoms with Crippen molar-refractivity contribution in [2.75, 3.05) is 13.1 Å². The zero-order valence-electron chi connectivity index (χ0n) is 11.0. The average Bonchev–Trinajstić information content (AvgIpc) is 2.70. The Hall–Kier alpha value is -1.73. The third kappa shape index (κ3) is 6.12. The number of nitrogens with one attached hydrogen (secondary N) is 2. The summed E-state index contributed by atoms with van der Waals surface area (Å²) in [6, 6.07) is 1.81. The lowest BCUT2D eigenvalue weighted by Crippen LogP contribution is -2.38. The van der Waals surface area contributed by atoms with Crippen LogP contribution in [0, 0.1) is 0 Å². The van der Waals surface area contributed by atoms with Crippen LogP contribution in [0.3, 0.4) is 0 Å². The number of alkyl halides is 3. The summed E-state index contributed by atoms with van der Waals surface area (Å²) < 4.78 is 37.8. The molecule has 19 heavy (non-hydrogen) atoms. The van der Waals surface area contributed by atoms with Gasteiger partial charge in [0.15, 0.2) is 5.96 Å². The van der Waals surface area contributed by atoms with Gasteiger partial charge in [0, 0.05) is 26.3 Å². The lowest BCUT2D eigenvalue weighted by molar-refractivity contribution is -0.132. The van der Waals surface area contributed by atoms with Gasteiger partial charge in [-0.1, -0.05) is 0 Å². The summed E-state index contributed by atoms with van der Waals surface area (Å²) in [5.74, 6) is 0.368. The van der Waals surface area contributed by atoms with Gasteiger partial charge in [-0.3, -0.25) is 4.68 Å². The smallest absolute Gasteiger partial charge is 0.357 e. The topological polar surface area (TPSA) is 54.2 Å².